The third-order valence-electron chi connectivity index (χ3n) is 6.60. The van der Waals surface area contributed by atoms with Crippen LogP contribution >= 0.6 is 0 Å². The summed E-state index contributed by atoms with van der Waals surface area (Å²) < 4.78 is 5.22. The lowest BCUT2D eigenvalue weighted by Gasteiger charge is -2.38. The summed E-state index contributed by atoms with van der Waals surface area (Å²) >= 11 is 0. The summed E-state index contributed by atoms with van der Waals surface area (Å²) in [6.45, 7) is 1.70. The number of hydrogen-bond donors (Lipinski definition) is 1. The molecule has 0 unspecified atom stereocenters. The van der Waals surface area contributed by atoms with Gasteiger partial charge < -0.3 is 15.0 Å². The second-order valence-corrected chi connectivity index (χ2v) is 8.57. The van der Waals surface area contributed by atoms with Crippen LogP contribution in [0.25, 0.3) is 0 Å². The highest BCUT2D eigenvalue weighted by Gasteiger charge is 2.57. The molecule has 1 saturated carbocycles. The van der Waals surface area contributed by atoms with E-state index in [9.17, 15) is 14.9 Å². The zero-order valence-electron chi connectivity index (χ0n) is 17.8. The van der Waals surface area contributed by atoms with Crippen molar-refractivity contribution in [3.8, 4) is 6.07 Å². The van der Waals surface area contributed by atoms with E-state index in [2.05, 4.69) is 21.4 Å². The van der Waals surface area contributed by atoms with E-state index in [1.807, 2.05) is 0 Å². The predicted octanol–water partition coefficient (Wildman–Crippen LogP) is 2.35. The van der Waals surface area contributed by atoms with Crippen LogP contribution in [0.5, 0.6) is 0 Å². The van der Waals surface area contributed by atoms with Gasteiger partial charge in [0.15, 0.2) is 0 Å². The quantitative estimate of drug-likeness (QED) is 0.746. The van der Waals surface area contributed by atoms with Crippen molar-refractivity contribution in [2.75, 3.05) is 37.0 Å². The van der Waals surface area contributed by atoms with Crippen molar-refractivity contribution >= 4 is 29.3 Å². The number of rotatable bonds is 6. The van der Waals surface area contributed by atoms with Gasteiger partial charge in [0.2, 0.25) is 11.9 Å². The fourth-order valence-electron chi connectivity index (χ4n) is 4.43. The minimum Gasteiger partial charge on any atom is -0.378 e. The van der Waals surface area contributed by atoms with Crippen LogP contribution < -0.4 is 10.2 Å². The Bertz CT molecular complexity index is 1090. The van der Waals surface area contributed by atoms with Crippen LogP contribution in [0, 0.1) is 22.7 Å². The number of aromatic nitrogens is 2. The summed E-state index contributed by atoms with van der Waals surface area (Å²) in [5.74, 6) is 0.829. The normalized spacial score (nSPS) is 23.1. The Morgan fingerprint density at radius 1 is 1.25 bits per heavy atom. The molecular weight excluding hydrogens is 408 g/mol. The summed E-state index contributed by atoms with van der Waals surface area (Å²) in [4.78, 5) is 37.6. The van der Waals surface area contributed by atoms with E-state index in [-0.39, 0.29) is 23.8 Å². The summed E-state index contributed by atoms with van der Waals surface area (Å²) in [5.41, 5.74) is 0.435. The van der Waals surface area contributed by atoms with Gasteiger partial charge >= 0.3 is 0 Å². The number of nitrogens with one attached hydrogen (secondary N) is 1. The highest BCUT2D eigenvalue weighted by atomic mass is 16.5. The number of methoxy groups -OCH3 is 1. The molecule has 1 aromatic heterocycles. The second kappa shape index (κ2) is 7.88. The van der Waals surface area contributed by atoms with Crippen LogP contribution in [0.2, 0.25) is 0 Å². The van der Waals surface area contributed by atoms with Crippen LogP contribution in [0.3, 0.4) is 0 Å². The molecule has 1 aliphatic carbocycles. The molecule has 2 aromatic rings. The van der Waals surface area contributed by atoms with Crippen LogP contribution in [0.15, 0.2) is 36.5 Å². The van der Waals surface area contributed by atoms with E-state index in [4.69, 9.17) is 4.74 Å². The molecule has 9 heteroatoms. The predicted molar refractivity (Wildman–Crippen MR) is 116 cm³/mol. The van der Waals surface area contributed by atoms with Gasteiger partial charge in [-0.15, -0.1) is 0 Å². The first-order valence-corrected chi connectivity index (χ1v) is 10.8. The topological polar surface area (TPSA) is 111 Å². The Balaban J connectivity index is 1.26. The number of carbonyl (C=O) groups excluding carboxylic acids is 2. The zero-order valence-corrected chi connectivity index (χ0v) is 17.8. The van der Waals surface area contributed by atoms with E-state index in [0.29, 0.717) is 43.4 Å². The Morgan fingerprint density at radius 3 is 2.66 bits per heavy atom. The third-order valence-corrected chi connectivity index (χ3v) is 6.60. The van der Waals surface area contributed by atoms with Crippen LogP contribution in [0.1, 0.15) is 29.6 Å². The number of ether oxygens (including phenoxy) is 1. The van der Waals surface area contributed by atoms with Crippen molar-refractivity contribution in [2.45, 2.75) is 25.4 Å². The maximum Gasteiger partial charge on any atom is 0.254 e. The molecular formula is C23H24N6O3. The number of nitriles is 1. The molecule has 3 heterocycles. The molecule has 2 aliphatic heterocycles. The molecule has 5 rings (SSSR count). The molecule has 3 fully saturated rings. The summed E-state index contributed by atoms with van der Waals surface area (Å²) in [6, 6.07) is 11.1. The molecule has 1 aromatic carbocycles. The first-order valence-electron chi connectivity index (χ1n) is 10.8. The molecule has 2 amide bonds. The monoisotopic (exact) mass is 432 g/mol. The van der Waals surface area contributed by atoms with E-state index >= 15 is 0 Å². The van der Waals surface area contributed by atoms with Crippen molar-refractivity contribution < 1.29 is 14.3 Å². The first-order chi connectivity index (χ1) is 15.5. The van der Waals surface area contributed by atoms with Crippen molar-refractivity contribution in [3.63, 3.8) is 0 Å². The number of nitrogens with zero attached hydrogens (tertiary/aromatic N) is 5. The SMILES string of the molecule is COC1CN(C(=O)c2ccc(Nc3nccc(N4CC[C@@](C#N)(C5CC5)C4=O)n3)cc2)C1. The highest BCUT2D eigenvalue weighted by molar-refractivity contribution is 6.01. The molecule has 0 spiro atoms. The number of anilines is 3. The van der Waals surface area contributed by atoms with Gasteiger partial charge in [-0.2, -0.15) is 10.2 Å². The smallest absolute Gasteiger partial charge is 0.254 e. The molecule has 9 nitrogen and oxygen atoms in total. The third kappa shape index (κ3) is 3.46. The van der Waals surface area contributed by atoms with Crippen LogP contribution in [-0.4, -0.2) is 59.5 Å². The van der Waals surface area contributed by atoms with Gasteiger partial charge in [0, 0.05) is 44.2 Å². The maximum absolute atomic E-state index is 13.0. The van der Waals surface area contributed by atoms with Crippen LogP contribution in [0.4, 0.5) is 17.5 Å². The van der Waals surface area contributed by atoms with E-state index in [1.54, 1.807) is 53.4 Å². The Kier molecular flexibility index (Phi) is 5.02. The number of amides is 2. The Morgan fingerprint density at radius 2 is 2.00 bits per heavy atom. The Hall–Kier alpha value is -3.51. The zero-order chi connectivity index (χ0) is 22.3. The number of carbonyl (C=O) groups is 2. The maximum atomic E-state index is 13.0. The lowest BCUT2D eigenvalue weighted by molar-refractivity contribution is -0.123. The minimum atomic E-state index is -0.902. The number of hydrogen-bond acceptors (Lipinski definition) is 7. The first kappa shape index (κ1) is 20.4. The van der Waals surface area contributed by atoms with Crippen molar-refractivity contribution in [1.29, 1.82) is 5.26 Å². The molecule has 2 saturated heterocycles. The molecule has 32 heavy (non-hydrogen) atoms. The summed E-state index contributed by atoms with van der Waals surface area (Å²) in [6.07, 6.45) is 4.13. The largest absolute Gasteiger partial charge is 0.378 e. The fraction of sp³-hybridized carbons (Fsp3) is 0.435. The van der Waals surface area contributed by atoms with E-state index < -0.39 is 5.41 Å². The van der Waals surface area contributed by atoms with Gasteiger partial charge in [-0.25, -0.2) is 4.98 Å². The van der Waals surface area contributed by atoms with E-state index in [1.165, 1.54) is 0 Å². The van der Waals surface area contributed by atoms with Crippen molar-refractivity contribution in [3.05, 3.63) is 42.1 Å². The van der Waals surface area contributed by atoms with Crippen molar-refractivity contribution in [2.24, 2.45) is 11.3 Å². The summed E-state index contributed by atoms with van der Waals surface area (Å²) in [5, 5.41) is 12.8. The fourth-order valence-corrected chi connectivity index (χ4v) is 4.43. The molecule has 1 atom stereocenters. The standard InChI is InChI=1S/C23H24N6O3/c1-32-18-12-28(13-18)20(30)15-2-6-17(7-3-15)26-22-25-10-8-19(27-22)29-11-9-23(14-24,21(29)31)16-4-5-16/h2-3,6-8,10,16,18H,4-5,9,11-13H2,1H3,(H,25,26,27)/t23-/m1/s1. The molecule has 0 radical (unpaired) electrons. The van der Waals surface area contributed by atoms with Crippen molar-refractivity contribution in [1.82, 2.24) is 14.9 Å². The molecule has 164 valence electrons. The number of likely N-dealkylation sites (tertiary alicyclic amines) is 1. The van der Waals surface area contributed by atoms with Gasteiger partial charge in [-0.3, -0.25) is 14.5 Å². The van der Waals surface area contributed by atoms with Gasteiger partial charge in [0.25, 0.3) is 5.91 Å². The lowest BCUT2D eigenvalue weighted by Crippen LogP contribution is -2.54. The molecule has 1 N–H and O–H groups in total. The molecule has 3 aliphatic rings. The van der Waals surface area contributed by atoms with Gasteiger partial charge in [0.1, 0.15) is 11.2 Å². The summed E-state index contributed by atoms with van der Waals surface area (Å²) in [7, 11) is 1.65. The highest BCUT2D eigenvalue weighted by Crippen LogP contribution is 2.51. The number of benzene rings is 1. The lowest BCUT2D eigenvalue weighted by atomic mass is 9.83. The van der Waals surface area contributed by atoms with Gasteiger partial charge in [0.05, 0.1) is 12.2 Å². The van der Waals surface area contributed by atoms with Gasteiger partial charge in [-0.1, -0.05) is 0 Å². The minimum absolute atomic E-state index is 0.0210. The average molecular weight is 432 g/mol. The van der Waals surface area contributed by atoms with E-state index in [0.717, 1.165) is 18.5 Å². The average Bonchev–Trinajstić information content (AvgIpc) is 3.57. The molecule has 0 bridgehead atoms. The van der Waals surface area contributed by atoms with Crippen LogP contribution in [-0.2, 0) is 9.53 Å². The second-order valence-electron chi connectivity index (χ2n) is 8.57. The Labute approximate surface area is 186 Å². The van der Waals surface area contributed by atoms with Gasteiger partial charge in [-0.05, 0) is 55.5 Å².